The first-order valence-electron chi connectivity index (χ1n) is 2.02. The van der Waals surface area contributed by atoms with Crippen molar-refractivity contribution in [3.63, 3.8) is 0 Å². The van der Waals surface area contributed by atoms with Gasteiger partial charge in [-0.2, -0.15) is 25.8 Å². The highest BCUT2D eigenvalue weighted by molar-refractivity contribution is 7.80. The smallest absolute Gasteiger partial charge is 0.202 e. The van der Waals surface area contributed by atoms with E-state index in [1.165, 1.54) is 0 Å². The van der Waals surface area contributed by atoms with Gasteiger partial charge in [-0.1, -0.05) is 0 Å². The van der Waals surface area contributed by atoms with E-state index in [1.807, 2.05) is 0 Å². The summed E-state index contributed by atoms with van der Waals surface area (Å²) in [6.07, 6.45) is -4.48. The van der Waals surface area contributed by atoms with Crippen molar-refractivity contribution < 1.29 is 17.6 Å². The average Bonchev–Trinajstić information content (AvgIpc) is 1.64. The van der Waals surface area contributed by atoms with E-state index < -0.39 is 12.0 Å². The first-order valence-corrected chi connectivity index (χ1v) is 2.65. The maximum atomic E-state index is 11.6. The largest absolute Gasteiger partial charge is 0.442 e. The number of halogens is 4. The van der Waals surface area contributed by atoms with Crippen molar-refractivity contribution in [1.82, 2.24) is 0 Å². The molecule has 5 heteroatoms. The van der Waals surface area contributed by atoms with Crippen LogP contribution in [0, 0.1) is 0 Å². The Hall–Kier alpha value is -0.190. The highest BCUT2D eigenvalue weighted by Gasteiger charge is 2.33. The predicted octanol–water partition coefficient (Wildman–Crippen LogP) is 2.33. The van der Waals surface area contributed by atoms with E-state index in [2.05, 4.69) is 12.6 Å². The second-order valence-corrected chi connectivity index (χ2v) is 1.60. The van der Waals surface area contributed by atoms with Crippen LogP contribution in [-0.2, 0) is 0 Å². The first-order chi connectivity index (χ1) is 3.98. The molecule has 0 aliphatic carbocycles. The summed E-state index contributed by atoms with van der Waals surface area (Å²) in [5.74, 6) is -2.33. The molecule has 0 saturated heterocycles. The zero-order valence-electron chi connectivity index (χ0n) is 4.24. The van der Waals surface area contributed by atoms with Crippen LogP contribution in [0.15, 0.2) is 11.9 Å². The predicted molar refractivity (Wildman–Crippen MR) is 29.1 cm³/mol. The Kier molecular flexibility index (Phi) is 3.03. The van der Waals surface area contributed by atoms with Crippen molar-refractivity contribution in [1.29, 1.82) is 0 Å². The molecule has 9 heavy (non-hydrogen) atoms. The SMILES string of the molecule is FC(=CCS)C(F)(F)F. The van der Waals surface area contributed by atoms with Gasteiger partial charge in [0.15, 0.2) is 0 Å². The minimum atomic E-state index is -4.84. The van der Waals surface area contributed by atoms with Gasteiger partial charge >= 0.3 is 6.18 Å². The minimum Gasteiger partial charge on any atom is -0.202 e. The Morgan fingerprint density at radius 3 is 2.00 bits per heavy atom. The van der Waals surface area contributed by atoms with Crippen LogP contribution in [0.5, 0.6) is 0 Å². The number of allylic oxidation sites excluding steroid dienone is 1. The van der Waals surface area contributed by atoms with Gasteiger partial charge in [-0.3, -0.25) is 0 Å². The van der Waals surface area contributed by atoms with Crippen LogP contribution in [0.3, 0.4) is 0 Å². The summed E-state index contributed by atoms with van der Waals surface area (Å²) in [4.78, 5) is 0. The van der Waals surface area contributed by atoms with E-state index in [-0.39, 0.29) is 5.75 Å². The molecule has 0 bridgehead atoms. The number of hydrogen-bond acceptors (Lipinski definition) is 1. The fraction of sp³-hybridized carbons (Fsp3) is 0.500. The molecule has 0 heterocycles. The van der Waals surface area contributed by atoms with Gasteiger partial charge in [0.05, 0.1) is 0 Å². The van der Waals surface area contributed by atoms with Crippen LogP contribution >= 0.6 is 12.6 Å². The van der Waals surface area contributed by atoms with Crippen molar-refractivity contribution in [3.05, 3.63) is 11.9 Å². The molecule has 0 aromatic carbocycles. The third-order valence-corrected chi connectivity index (χ3v) is 0.724. The quantitative estimate of drug-likeness (QED) is 0.441. The molecule has 0 nitrogen and oxygen atoms in total. The van der Waals surface area contributed by atoms with Crippen LogP contribution in [0.2, 0.25) is 0 Å². The molecule has 0 fully saturated rings. The fourth-order valence-electron chi connectivity index (χ4n) is 0.196. The highest BCUT2D eigenvalue weighted by atomic mass is 32.1. The molecule has 0 aliphatic heterocycles. The molecule has 0 saturated carbocycles. The normalized spacial score (nSPS) is 14.1. The minimum absolute atomic E-state index is 0.245. The van der Waals surface area contributed by atoms with E-state index >= 15 is 0 Å². The second-order valence-electron chi connectivity index (χ2n) is 1.23. The maximum Gasteiger partial charge on any atom is 0.442 e. The molecule has 54 valence electrons. The zero-order valence-corrected chi connectivity index (χ0v) is 5.14. The molecule has 0 aliphatic rings. The molecule has 0 unspecified atom stereocenters. The summed E-state index contributed by atoms with van der Waals surface area (Å²) in [5, 5.41) is 0. The van der Waals surface area contributed by atoms with Crippen LogP contribution < -0.4 is 0 Å². The standard InChI is InChI=1S/C4H4F4S/c5-3(1-2-9)4(6,7)8/h1,9H,2H2. The van der Waals surface area contributed by atoms with Gasteiger partial charge < -0.3 is 0 Å². The third-order valence-electron chi connectivity index (χ3n) is 0.541. The molecule has 0 N–H and O–H groups in total. The lowest BCUT2D eigenvalue weighted by molar-refractivity contribution is -0.108. The Morgan fingerprint density at radius 1 is 1.44 bits per heavy atom. The van der Waals surface area contributed by atoms with E-state index in [1.54, 1.807) is 0 Å². The van der Waals surface area contributed by atoms with Gasteiger partial charge in [0, 0.05) is 5.75 Å². The number of thiol groups is 1. The lowest BCUT2D eigenvalue weighted by Gasteiger charge is -2.00. The summed E-state index contributed by atoms with van der Waals surface area (Å²) in [7, 11) is 0. The molecule has 0 aromatic heterocycles. The molecule has 0 amide bonds. The Morgan fingerprint density at radius 2 is 1.89 bits per heavy atom. The number of alkyl halides is 3. The first kappa shape index (κ1) is 8.81. The summed E-state index contributed by atoms with van der Waals surface area (Å²) < 4.78 is 45.1. The van der Waals surface area contributed by atoms with E-state index in [0.717, 1.165) is 0 Å². The van der Waals surface area contributed by atoms with Crippen LogP contribution in [0.4, 0.5) is 17.6 Å². The van der Waals surface area contributed by atoms with Gasteiger partial charge in [-0.15, -0.1) is 0 Å². The topological polar surface area (TPSA) is 0 Å². The van der Waals surface area contributed by atoms with Crippen molar-refractivity contribution in [2.45, 2.75) is 6.18 Å². The second kappa shape index (κ2) is 3.10. The van der Waals surface area contributed by atoms with Crippen LogP contribution in [-0.4, -0.2) is 11.9 Å². The van der Waals surface area contributed by atoms with Crippen molar-refractivity contribution >= 4 is 12.6 Å². The van der Waals surface area contributed by atoms with Crippen molar-refractivity contribution in [2.75, 3.05) is 5.75 Å². The molecule has 0 atom stereocenters. The molecule has 0 rings (SSSR count). The molecular weight excluding hydrogens is 156 g/mol. The van der Waals surface area contributed by atoms with Gasteiger partial charge in [0.1, 0.15) is 0 Å². The molecule has 0 radical (unpaired) electrons. The molecule has 0 aromatic rings. The lowest BCUT2D eigenvalue weighted by atomic mass is 10.5. The summed E-state index contributed by atoms with van der Waals surface area (Å²) in [6, 6.07) is 0. The number of hydrogen-bond donors (Lipinski definition) is 1. The third kappa shape index (κ3) is 3.40. The fourth-order valence-corrected chi connectivity index (χ4v) is 0.356. The zero-order chi connectivity index (χ0) is 7.49. The van der Waals surface area contributed by atoms with Gasteiger partial charge in [0.25, 0.3) is 0 Å². The summed E-state index contributed by atoms with van der Waals surface area (Å²) in [5.41, 5.74) is 0. The van der Waals surface area contributed by atoms with E-state index in [4.69, 9.17) is 0 Å². The Balaban J connectivity index is 4.03. The van der Waals surface area contributed by atoms with Gasteiger partial charge in [0.2, 0.25) is 5.83 Å². The van der Waals surface area contributed by atoms with E-state index in [0.29, 0.717) is 6.08 Å². The summed E-state index contributed by atoms with van der Waals surface area (Å²) in [6.45, 7) is 0. The Labute approximate surface area is 55.0 Å². The molecular formula is C4H4F4S. The van der Waals surface area contributed by atoms with Crippen molar-refractivity contribution in [2.24, 2.45) is 0 Å². The van der Waals surface area contributed by atoms with Gasteiger partial charge in [-0.05, 0) is 6.08 Å². The van der Waals surface area contributed by atoms with E-state index in [9.17, 15) is 17.6 Å². The van der Waals surface area contributed by atoms with Gasteiger partial charge in [-0.25, -0.2) is 4.39 Å². The summed E-state index contributed by atoms with van der Waals surface area (Å²) >= 11 is 3.38. The number of rotatable bonds is 1. The van der Waals surface area contributed by atoms with Crippen molar-refractivity contribution in [3.8, 4) is 0 Å². The maximum absolute atomic E-state index is 11.6. The van der Waals surface area contributed by atoms with Crippen LogP contribution in [0.25, 0.3) is 0 Å². The molecule has 0 spiro atoms. The Bertz CT molecular complexity index is 114. The lowest BCUT2D eigenvalue weighted by Crippen LogP contribution is -2.07. The monoisotopic (exact) mass is 160 g/mol. The van der Waals surface area contributed by atoms with Crippen LogP contribution in [0.1, 0.15) is 0 Å². The average molecular weight is 160 g/mol. The highest BCUT2D eigenvalue weighted by Crippen LogP contribution is 2.25.